The average molecular weight is 382 g/mol. The van der Waals surface area contributed by atoms with Crippen LogP contribution in [0.3, 0.4) is 0 Å². The van der Waals surface area contributed by atoms with Crippen LogP contribution in [0.1, 0.15) is 63.4 Å². The lowest BCUT2D eigenvalue weighted by Gasteiger charge is -2.43. The first kappa shape index (κ1) is 19.7. The Morgan fingerprint density at radius 2 is 1.71 bits per heavy atom. The highest BCUT2D eigenvalue weighted by molar-refractivity contribution is 5.84. The highest BCUT2D eigenvalue weighted by atomic mass is 16.5. The Morgan fingerprint density at radius 3 is 2.43 bits per heavy atom. The Morgan fingerprint density at radius 1 is 1.04 bits per heavy atom. The summed E-state index contributed by atoms with van der Waals surface area (Å²) in [5.74, 6) is 1.92. The number of piperidine rings is 1. The van der Waals surface area contributed by atoms with E-state index in [9.17, 15) is 5.11 Å². The number of aliphatic hydroxyl groups is 1. The van der Waals surface area contributed by atoms with E-state index in [1.54, 1.807) is 7.11 Å². The zero-order valence-electron chi connectivity index (χ0n) is 17.5. The molecule has 1 heterocycles. The van der Waals surface area contributed by atoms with E-state index in [4.69, 9.17) is 4.74 Å². The van der Waals surface area contributed by atoms with Crippen LogP contribution in [0.15, 0.2) is 36.4 Å². The van der Waals surface area contributed by atoms with Gasteiger partial charge < -0.3 is 14.7 Å². The van der Waals surface area contributed by atoms with Crippen LogP contribution in [-0.4, -0.2) is 42.4 Å². The number of hydrogen-bond donors (Lipinski definition) is 1. The second-order valence-electron chi connectivity index (χ2n) is 9.17. The predicted octanol–water partition coefficient (Wildman–Crippen LogP) is 5.36. The molecule has 28 heavy (non-hydrogen) atoms. The quantitative estimate of drug-likeness (QED) is 0.757. The van der Waals surface area contributed by atoms with E-state index in [0.29, 0.717) is 0 Å². The SMILES string of the molecule is COc1ccc2cc(C(CN3CCC(C)CC3)C3(O)CCCCC3)ccc2c1. The maximum atomic E-state index is 11.7. The molecule has 0 amide bonds. The molecule has 2 aromatic rings. The lowest BCUT2D eigenvalue weighted by molar-refractivity contribution is -0.0329. The van der Waals surface area contributed by atoms with Gasteiger partial charge in [0.25, 0.3) is 0 Å². The first-order chi connectivity index (χ1) is 13.6. The van der Waals surface area contributed by atoms with Crippen molar-refractivity contribution in [3.63, 3.8) is 0 Å². The number of hydrogen-bond acceptors (Lipinski definition) is 3. The molecule has 1 unspecified atom stereocenters. The summed E-state index contributed by atoms with van der Waals surface area (Å²) < 4.78 is 5.37. The zero-order valence-corrected chi connectivity index (χ0v) is 17.5. The van der Waals surface area contributed by atoms with Gasteiger partial charge in [0.1, 0.15) is 5.75 Å². The van der Waals surface area contributed by atoms with Gasteiger partial charge in [0, 0.05) is 12.5 Å². The molecule has 152 valence electrons. The molecule has 2 aliphatic rings. The Kier molecular flexibility index (Phi) is 5.93. The lowest BCUT2D eigenvalue weighted by atomic mass is 9.72. The summed E-state index contributed by atoms with van der Waals surface area (Å²) in [6.07, 6.45) is 7.98. The lowest BCUT2D eigenvalue weighted by Crippen LogP contribution is -2.46. The van der Waals surface area contributed by atoms with Crippen molar-refractivity contribution in [3.05, 3.63) is 42.0 Å². The summed E-state index contributed by atoms with van der Waals surface area (Å²) in [6, 6.07) is 13.0. The second-order valence-corrected chi connectivity index (χ2v) is 9.17. The van der Waals surface area contributed by atoms with Gasteiger partial charge in [-0.2, -0.15) is 0 Å². The first-order valence-electron chi connectivity index (χ1n) is 11.1. The van der Waals surface area contributed by atoms with E-state index in [-0.39, 0.29) is 5.92 Å². The summed E-state index contributed by atoms with van der Waals surface area (Å²) in [4.78, 5) is 2.59. The van der Waals surface area contributed by atoms with Gasteiger partial charge in [-0.05, 0) is 73.2 Å². The molecule has 0 aromatic heterocycles. The molecule has 0 radical (unpaired) electrons. The summed E-state index contributed by atoms with van der Waals surface area (Å²) >= 11 is 0. The largest absolute Gasteiger partial charge is 0.497 e. The van der Waals surface area contributed by atoms with Crippen molar-refractivity contribution in [2.45, 2.75) is 63.4 Å². The third-order valence-corrected chi connectivity index (χ3v) is 7.16. The van der Waals surface area contributed by atoms with Gasteiger partial charge in [0.15, 0.2) is 0 Å². The molecule has 0 spiro atoms. The van der Waals surface area contributed by atoms with Crippen molar-refractivity contribution in [1.82, 2.24) is 4.90 Å². The monoisotopic (exact) mass is 381 g/mol. The molecular formula is C25H35NO2. The minimum Gasteiger partial charge on any atom is -0.497 e. The summed E-state index contributed by atoms with van der Waals surface area (Å²) in [6.45, 7) is 5.67. The van der Waals surface area contributed by atoms with Crippen LogP contribution in [0.5, 0.6) is 5.75 Å². The Hall–Kier alpha value is -1.58. The van der Waals surface area contributed by atoms with Crippen molar-refractivity contribution in [3.8, 4) is 5.75 Å². The van der Waals surface area contributed by atoms with Crippen molar-refractivity contribution < 1.29 is 9.84 Å². The van der Waals surface area contributed by atoms with Crippen LogP contribution in [0, 0.1) is 5.92 Å². The predicted molar refractivity (Wildman–Crippen MR) is 116 cm³/mol. The minimum atomic E-state index is -0.568. The Balaban J connectivity index is 1.64. The maximum Gasteiger partial charge on any atom is 0.119 e. The van der Waals surface area contributed by atoms with Crippen LogP contribution in [0.2, 0.25) is 0 Å². The molecule has 2 aromatic carbocycles. The number of fused-ring (bicyclic) bond motifs is 1. The third kappa shape index (κ3) is 4.21. The fraction of sp³-hybridized carbons (Fsp3) is 0.600. The number of benzene rings is 2. The number of methoxy groups -OCH3 is 1. The van der Waals surface area contributed by atoms with Gasteiger partial charge in [0.05, 0.1) is 12.7 Å². The minimum absolute atomic E-state index is 0.188. The number of rotatable bonds is 5. The van der Waals surface area contributed by atoms with Gasteiger partial charge >= 0.3 is 0 Å². The van der Waals surface area contributed by atoms with Crippen molar-refractivity contribution in [2.24, 2.45) is 5.92 Å². The Bertz CT molecular complexity index is 788. The van der Waals surface area contributed by atoms with Crippen LogP contribution >= 0.6 is 0 Å². The van der Waals surface area contributed by atoms with Crippen molar-refractivity contribution >= 4 is 10.8 Å². The number of ether oxygens (including phenoxy) is 1. The van der Waals surface area contributed by atoms with Gasteiger partial charge in [-0.3, -0.25) is 0 Å². The van der Waals surface area contributed by atoms with E-state index < -0.39 is 5.60 Å². The standard InChI is InChI=1S/C25H35NO2/c1-19-10-14-26(15-11-19)18-24(25(27)12-4-3-5-13-25)22-7-6-21-17-23(28-2)9-8-20(21)16-22/h6-9,16-17,19,24,27H,3-5,10-15,18H2,1-2H3. The third-order valence-electron chi connectivity index (χ3n) is 7.16. The molecule has 3 nitrogen and oxygen atoms in total. The fourth-order valence-corrected chi connectivity index (χ4v) is 5.19. The molecule has 4 rings (SSSR count). The molecular weight excluding hydrogens is 346 g/mol. The molecule has 1 atom stereocenters. The van der Waals surface area contributed by atoms with Crippen LogP contribution in [-0.2, 0) is 0 Å². The van der Waals surface area contributed by atoms with Crippen LogP contribution in [0.25, 0.3) is 10.8 Å². The van der Waals surface area contributed by atoms with E-state index in [1.165, 1.54) is 48.7 Å². The van der Waals surface area contributed by atoms with Crippen molar-refractivity contribution in [1.29, 1.82) is 0 Å². The van der Waals surface area contributed by atoms with E-state index in [0.717, 1.165) is 43.9 Å². The Labute approximate surface area is 169 Å². The van der Waals surface area contributed by atoms with Crippen molar-refractivity contribution in [2.75, 3.05) is 26.7 Å². The summed E-state index contributed by atoms with van der Waals surface area (Å²) in [5.41, 5.74) is 0.724. The van der Waals surface area contributed by atoms with E-state index >= 15 is 0 Å². The van der Waals surface area contributed by atoms with Gasteiger partial charge in [-0.1, -0.05) is 50.5 Å². The zero-order chi connectivity index (χ0) is 19.6. The molecule has 1 saturated heterocycles. The molecule has 0 bridgehead atoms. The maximum absolute atomic E-state index is 11.7. The smallest absolute Gasteiger partial charge is 0.119 e. The fourth-order valence-electron chi connectivity index (χ4n) is 5.19. The molecule has 1 N–H and O–H groups in total. The molecule has 1 saturated carbocycles. The van der Waals surface area contributed by atoms with E-state index in [2.05, 4.69) is 42.2 Å². The molecule has 2 fully saturated rings. The molecule has 3 heteroatoms. The van der Waals surface area contributed by atoms with Gasteiger partial charge in [0.2, 0.25) is 0 Å². The highest BCUT2D eigenvalue weighted by Gasteiger charge is 2.39. The second kappa shape index (κ2) is 8.42. The summed E-state index contributed by atoms with van der Waals surface area (Å²) in [7, 11) is 1.71. The highest BCUT2D eigenvalue weighted by Crippen LogP contribution is 2.41. The van der Waals surface area contributed by atoms with Crippen LogP contribution in [0.4, 0.5) is 0 Å². The average Bonchev–Trinajstić information content (AvgIpc) is 2.73. The first-order valence-corrected chi connectivity index (χ1v) is 11.1. The normalized spacial score (nSPS) is 22.2. The molecule has 1 aliphatic heterocycles. The molecule has 1 aliphatic carbocycles. The van der Waals surface area contributed by atoms with Crippen LogP contribution < -0.4 is 4.74 Å². The summed E-state index contributed by atoms with van der Waals surface area (Å²) in [5, 5.41) is 14.1. The van der Waals surface area contributed by atoms with Gasteiger partial charge in [-0.15, -0.1) is 0 Å². The topological polar surface area (TPSA) is 32.7 Å². The number of nitrogens with zero attached hydrogens (tertiary/aromatic N) is 1. The number of likely N-dealkylation sites (tertiary alicyclic amines) is 1. The van der Waals surface area contributed by atoms with Gasteiger partial charge in [-0.25, -0.2) is 0 Å². The van der Waals surface area contributed by atoms with E-state index in [1.807, 2.05) is 6.07 Å².